The third-order valence-electron chi connectivity index (χ3n) is 8.79. The van der Waals surface area contributed by atoms with Gasteiger partial charge >= 0.3 is 6.18 Å². The largest absolute Gasteiger partial charge is 0.395 e. The van der Waals surface area contributed by atoms with Gasteiger partial charge in [0, 0.05) is 30.9 Å². The molecule has 0 radical (unpaired) electrons. The Balaban J connectivity index is 1.05. The van der Waals surface area contributed by atoms with Crippen LogP contribution in [0.2, 0.25) is 0 Å². The summed E-state index contributed by atoms with van der Waals surface area (Å²) in [6.07, 6.45) is 6.73. The van der Waals surface area contributed by atoms with Crippen LogP contribution in [0.1, 0.15) is 67.8 Å². The zero-order valence-electron chi connectivity index (χ0n) is 21.6. The molecular formula is C29H38F3N3O2. The van der Waals surface area contributed by atoms with Crippen molar-refractivity contribution in [3.8, 4) is 0 Å². The van der Waals surface area contributed by atoms with Gasteiger partial charge in [-0.25, -0.2) is 0 Å². The molecule has 3 aliphatic heterocycles. The second-order valence-corrected chi connectivity index (χ2v) is 11.3. The molecule has 0 aromatic heterocycles. The van der Waals surface area contributed by atoms with Gasteiger partial charge in [-0.3, -0.25) is 4.79 Å². The first kappa shape index (κ1) is 26.3. The average Bonchev–Trinajstić information content (AvgIpc) is 3.30. The van der Waals surface area contributed by atoms with Gasteiger partial charge in [-0.05, 0) is 93.8 Å². The van der Waals surface area contributed by atoms with Gasteiger partial charge in [-0.15, -0.1) is 0 Å². The Bertz CT molecular complexity index is 1010. The number of likely N-dealkylation sites (tertiary alicyclic amines) is 2. The summed E-state index contributed by atoms with van der Waals surface area (Å²) < 4.78 is 46.5. The maximum Gasteiger partial charge on any atom is 0.395 e. The van der Waals surface area contributed by atoms with Crippen molar-refractivity contribution in [2.24, 2.45) is 11.3 Å². The summed E-state index contributed by atoms with van der Waals surface area (Å²) >= 11 is 0. The van der Waals surface area contributed by atoms with E-state index in [1.165, 1.54) is 0 Å². The third kappa shape index (κ3) is 5.75. The number of carbonyl (C=O) groups is 1. The van der Waals surface area contributed by atoms with E-state index < -0.39 is 11.6 Å². The van der Waals surface area contributed by atoms with Crippen LogP contribution in [0.4, 0.5) is 13.2 Å². The van der Waals surface area contributed by atoms with E-state index in [0.717, 1.165) is 48.9 Å². The van der Waals surface area contributed by atoms with Gasteiger partial charge in [0.2, 0.25) is 0 Å². The fraction of sp³-hybridized carbons (Fsp3) is 0.621. The lowest BCUT2D eigenvalue weighted by Crippen LogP contribution is -2.53. The normalized spacial score (nSPS) is 26.5. The Kier molecular flexibility index (Phi) is 7.68. The van der Waals surface area contributed by atoms with Crippen LogP contribution in [0, 0.1) is 11.3 Å². The highest BCUT2D eigenvalue weighted by Crippen LogP contribution is 2.53. The number of nitrogens with zero attached hydrogens (tertiary/aromatic N) is 2. The molecule has 202 valence electrons. The van der Waals surface area contributed by atoms with Crippen molar-refractivity contribution < 1.29 is 22.7 Å². The smallest absolute Gasteiger partial charge is 0.362 e. The molecule has 1 aromatic carbocycles. The predicted octanol–water partition coefficient (Wildman–Crippen LogP) is 5.60. The first-order valence-corrected chi connectivity index (χ1v) is 13.7. The minimum atomic E-state index is -4.09. The van der Waals surface area contributed by atoms with Crippen molar-refractivity contribution in [2.45, 2.75) is 70.3 Å². The van der Waals surface area contributed by atoms with Crippen LogP contribution in [0.5, 0.6) is 0 Å². The molecule has 1 N–H and O–H groups in total. The Morgan fingerprint density at radius 1 is 1.08 bits per heavy atom. The standard InChI is InChI=1S/C29H38F3N3O2/c1-21-4-2-15-35(21)27(36)24-7-5-23(6-8-24)25-9-10-26(33-18-25)37-19-22-11-16-34(17-12-22)20-28(13-3-14-28)29(30,31)32/h5-10,18,21-22,26,33H,2-4,11-17,19-20H2,1H3. The highest BCUT2D eigenvalue weighted by atomic mass is 19.4. The fourth-order valence-corrected chi connectivity index (χ4v) is 6.07. The zero-order valence-corrected chi connectivity index (χ0v) is 21.6. The van der Waals surface area contributed by atoms with Gasteiger partial charge in [-0.1, -0.05) is 24.6 Å². The first-order chi connectivity index (χ1) is 17.7. The molecule has 8 heteroatoms. The van der Waals surface area contributed by atoms with Crippen LogP contribution in [-0.4, -0.2) is 66.9 Å². The molecule has 2 saturated heterocycles. The number of ether oxygens (including phenoxy) is 1. The predicted molar refractivity (Wildman–Crippen MR) is 138 cm³/mol. The number of hydrogen-bond acceptors (Lipinski definition) is 4. The van der Waals surface area contributed by atoms with Crippen LogP contribution in [0.25, 0.3) is 5.57 Å². The van der Waals surface area contributed by atoms with Gasteiger partial charge in [0.15, 0.2) is 0 Å². The van der Waals surface area contributed by atoms with Crippen molar-refractivity contribution in [3.05, 3.63) is 53.7 Å². The van der Waals surface area contributed by atoms with Crippen molar-refractivity contribution in [3.63, 3.8) is 0 Å². The summed E-state index contributed by atoms with van der Waals surface area (Å²) in [6, 6.07) is 8.06. The summed E-state index contributed by atoms with van der Waals surface area (Å²) in [5.74, 6) is 0.466. The molecule has 1 aliphatic carbocycles. The van der Waals surface area contributed by atoms with E-state index >= 15 is 0 Å². The molecule has 3 heterocycles. The molecule has 1 aromatic rings. The summed E-state index contributed by atoms with van der Waals surface area (Å²) in [4.78, 5) is 16.7. The van der Waals surface area contributed by atoms with E-state index in [4.69, 9.17) is 4.74 Å². The molecule has 2 unspecified atom stereocenters. The minimum Gasteiger partial charge on any atom is -0.362 e. The molecule has 2 atom stereocenters. The number of piperidine rings is 1. The number of benzene rings is 1. The topological polar surface area (TPSA) is 44.8 Å². The van der Waals surface area contributed by atoms with Gasteiger partial charge in [0.25, 0.3) is 5.91 Å². The lowest BCUT2D eigenvalue weighted by Gasteiger charge is -2.47. The van der Waals surface area contributed by atoms with E-state index in [-0.39, 0.29) is 31.5 Å². The van der Waals surface area contributed by atoms with Crippen LogP contribution in [0.15, 0.2) is 42.6 Å². The number of dihydropyridines is 1. The van der Waals surface area contributed by atoms with Crippen molar-refractivity contribution in [1.82, 2.24) is 15.1 Å². The molecule has 1 saturated carbocycles. The van der Waals surface area contributed by atoms with E-state index in [1.807, 2.05) is 52.4 Å². The summed E-state index contributed by atoms with van der Waals surface area (Å²) in [5, 5.41) is 3.29. The molecule has 0 bridgehead atoms. The number of nitrogens with one attached hydrogen (secondary N) is 1. The van der Waals surface area contributed by atoms with Gasteiger partial charge in [-0.2, -0.15) is 13.2 Å². The number of carbonyl (C=O) groups excluding carboxylic acids is 1. The van der Waals surface area contributed by atoms with Crippen LogP contribution in [0.3, 0.4) is 0 Å². The zero-order chi connectivity index (χ0) is 26.0. The molecule has 5 nitrogen and oxygen atoms in total. The van der Waals surface area contributed by atoms with Crippen molar-refractivity contribution in [2.75, 3.05) is 32.8 Å². The summed E-state index contributed by atoms with van der Waals surface area (Å²) in [7, 11) is 0. The Morgan fingerprint density at radius 3 is 2.35 bits per heavy atom. The minimum absolute atomic E-state index is 0.102. The molecule has 37 heavy (non-hydrogen) atoms. The maximum atomic E-state index is 13.5. The average molecular weight is 518 g/mol. The maximum absolute atomic E-state index is 13.5. The number of alkyl halides is 3. The first-order valence-electron chi connectivity index (χ1n) is 13.7. The van der Waals surface area contributed by atoms with E-state index in [9.17, 15) is 18.0 Å². The molecule has 4 aliphatic rings. The Hall–Kier alpha value is -2.32. The van der Waals surface area contributed by atoms with E-state index in [2.05, 4.69) is 12.2 Å². The highest BCUT2D eigenvalue weighted by molar-refractivity contribution is 5.95. The van der Waals surface area contributed by atoms with Gasteiger partial charge < -0.3 is 19.9 Å². The lowest BCUT2D eigenvalue weighted by molar-refractivity contribution is -0.256. The van der Waals surface area contributed by atoms with Crippen molar-refractivity contribution in [1.29, 1.82) is 0 Å². The van der Waals surface area contributed by atoms with Gasteiger partial charge in [0.1, 0.15) is 6.23 Å². The second kappa shape index (κ2) is 10.8. The molecular weight excluding hydrogens is 479 g/mol. The molecule has 1 amide bonds. The lowest BCUT2D eigenvalue weighted by atomic mass is 9.67. The monoisotopic (exact) mass is 517 g/mol. The highest BCUT2D eigenvalue weighted by Gasteiger charge is 2.58. The number of amides is 1. The van der Waals surface area contributed by atoms with Crippen molar-refractivity contribution >= 4 is 11.5 Å². The molecule has 3 fully saturated rings. The summed E-state index contributed by atoms with van der Waals surface area (Å²) in [5.41, 5.74) is 1.30. The Labute approximate surface area is 217 Å². The van der Waals surface area contributed by atoms with E-state index in [0.29, 0.717) is 38.1 Å². The molecule has 5 rings (SSSR count). The second-order valence-electron chi connectivity index (χ2n) is 11.3. The van der Waals surface area contributed by atoms with Crippen LogP contribution < -0.4 is 5.32 Å². The van der Waals surface area contributed by atoms with Crippen LogP contribution >= 0.6 is 0 Å². The third-order valence-corrected chi connectivity index (χ3v) is 8.79. The summed E-state index contributed by atoms with van der Waals surface area (Å²) in [6.45, 7) is 5.09. The Morgan fingerprint density at radius 2 is 1.81 bits per heavy atom. The number of allylic oxidation sites excluding steroid dienone is 2. The quantitative estimate of drug-likeness (QED) is 0.512. The van der Waals surface area contributed by atoms with Crippen LogP contribution in [-0.2, 0) is 4.74 Å². The number of halogens is 3. The fourth-order valence-electron chi connectivity index (χ4n) is 6.07. The molecule has 0 spiro atoms. The van der Waals surface area contributed by atoms with Gasteiger partial charge in [0.05, 0.1) is 12.0 Å². The SMILES string of the molecule is CC1CCCN1C(=O)c1ccc(C2=CNC(OCC3CCN(CC4(C(F)(F)F)CCC4)CC3)C=C2)cc1. The number of rotatable bonds is 7. The number of hydrogen-bond donors (Lipinski definition) is 1. The van der Waals surface area contributed by atoms with E-state index in [1.54, 1.807) is 0 Å².